The van der Waals surface area contributed by atoms with Crippen molar-refractivity contribution in [3.63, 3.8) is 0 Å². The number of hydrogen-bond donors (Lipinski definition) is 0. The number of halogens is 1. The molecular formula is C26H23FO3. The van der Waals surface area contributed by atoms with E-state index in [2.05, 4.69) is 32.9 Å². The molecule has 4 rings (SSSR count). The minimum absolute atomic E-state index is 0.0701. The Labute approximate surface area is 175 Å². The molecule has 0 amide bonds. The zero-order chi connectivity index (χ0) is 21.3. The first-order valence-electron chi connectivity index (χ1n) is 9.86. The summed E-state index contributed by atoms with van der Waals surface area (Å²) in [4.78, 5) is 12.7. The molecule has 3 nitrogen and oxygen atoms in total. The highest BCUT2D eigenvalue weighted by Crippen LogP contribution is 2.35. The summed E-state index contributed by atoms with van der Waals surface area (Å²) in [5, 5.41) is 0. The maximum Gasteiger partial charge on any atom is 0.231 e. The first-order chi connectivity index (χ1) is 14.3. The molecule has 0 radical (unpaired) electrons. The van der Waals surface area contributed by atoms with Crippen LogP contribution in [0, 0.1) is 5.82 Å². The zero-order valence-electron chi connectivity index (χ0n) is 17.2. The third kappa shape index (κ3) is 4.13. The minimum atomic E-state index is -0.312. The van der Waals surface area contributed by atoms with Crippen LogP contribution in [0.25, 0.3) is 6.08 Å². The van der Waals surface area contributed by atoms with Crippen molar-refractivity contribution in [1.29, 1.82) is 0 Å². The number of allylic oxidation sites excluding steroid dienone is 1. The molecule has 3 aromatic rings. The number of ether oxygens (including phenoxy) is 2. The third-order valence-corrected chi connectivity index (χ3v) is 5.07. The number of ketones is 1. The Kier molecular flexibility index (Phi) is 5.17. The lowest BCUT2D eigenvalue weighted by Gasteiger charge is -2.18. The lowest BCUT2D eigenvalue weighted by atomic mass is 9.86. The lowest BCUT2D eigenvalue weighted by molar-refractivity contribution is 0.101. The Morgan fingerprint density at radius 3 is 2.43 bits per heavy atom. The molecule has 1 aliphatic rings. The van der Waals surface area contributed by atoms with Crippen LogP contribution in [-0.4, -0.2) is 5.78 Å². The van der Waals surface area contributed by atoms with Crippen molar-refractivity contribution in [2.45, 2.75) is 32.8 Å². The van der Waals surface area contributed by atoms with Gasteiger partial charge in [-0.05, 0) is 40.8 Å². The number of fused-ring (bicyclic) bond motifs is 1. The van der Waals surface area contributed by atoms with Gasteiger partial charge in [-0.3, -0.25) is 4.79 Å². The first-order valence-corrected chi connectivity index (χ1v) is 9.86. The molecule has 0 aromatic heterocycles. The van der Waals surface area contributed by atoms with Crippen molar-refractivity contribution in [3.05, 3.63) is 101 Å². The Morgan fingerprint density at radius 1 is 1.00 bits per heavy atom. The summed E-state index contributed by atoms with van der Waals surface area (Å²) < 4.78 is 25.2. The summed E-state index contributed by atoms with van der Waals surface area (Å²) >= 11 is 0. The molecule has 0 saturated heterocycles. The first kappa shape index (κ1) is 19.9. The van der Waals surface area contributed by atoms with Crippen LogP contribution in [0.4, 0.5) is 4.39 Å². The highest BCUT2D eigenvalue weighted by Gasteiger charge is 2.27. The van der Waals surface area contributed by atoms with Gasteiger partial charge in [0.05, 0.1) is 5.56 Å². The van der Waals surface area contributed by atoms with Gasteiger partial charge in [-0.2, -0.15) is 0 Å². The van der Waals surface area contributed by atoms with E-state index in [9.17, 15) is 9.18 Å². The van der Waals surface area contributed by atoms with Gasteiger partial charge >= 0.3 is 0 Å². The van der Waals surface area contributed by atoms with Crippen LogP contribution in [-0.2, 0) is 12.0 Å². The van der Waals surface area contributed by atoms with Crippen molar-refractivity contribution < 1.29 is 18.7 Å². The molecule has 0 saturated carbocycles. The fourth-order valence-electron chi connectivity index (χ4n) is 3.26. The maximum atomic E-state index is 13.8. The number of carbonyl (C=O) groups excluding carboxylic acids is 1. The van der Waals surface area contributed by atoms with Crippen molar-refractivity contribution in [2.75, 3.05) is 0 Å². The van der Waals surface area contributed by atoms with Crippen molar-refractivity contribution in [3.8, 4) is 11.5 Å². The van der Waals surface area contributed by atoms with Crippen LogP contribution >= 0.6 is 0 Å². The molecule has 4 heteroatoms. The molecule has 0 aliphatic carbocycles. The van der Waals surface area contributed by atoms with E-state index in [1.54, 1.807) is 42.5 Å². The van der Waals surface area contributed by atoms with Crippen LogP contribution in [0.15, 0.2) is 72.5 Å². The predicted molar refractivity (Wildman–Crippen MR) is 115 cm³/mol. The maximum absolute atomic E-state index is 13.8. The van der Waals surface area contributed by atoms with E-state index in [1.165, 1.54) is 11.6 Å². The molecule has 3 aromatic carbocycles. The van der Waals surface area contributed by atoms with Gasteiger partial charge in [-0.25, -0.2) is 4.39 Å². The van der Waals surface area contributed by atoms with Crippen molar-refractivity contribution in [1.82, 2.24) is 0 Å². The van der Waals surface area contributed by atoms with Gasteiger partial charge in [0, 0.05) is 11.6 Å². The predicted octanol–water partition coefficient (Wildman–Crippen LogP) is 6.32. The topological polar surface area (TPSA) is 35.5 Å². The molecule has 0 atom stereocenters. The highest BCUT2D eigenvalue weighted by molar-refractivity contribution is 6.14. The van der Waals surface area contributed by atoms with Gasteiger partial charge in [0.1, 0.15) is 23.9 Å². The van der Waals surface area contributed by atoms with Crippen molar-refractivity contribution in [2.24, 2.45) is 0 Å². The fourth-order valence-corrected chi connectivity index (χ4v) is 3.26. The number of carbonyl (C=O) groups is 1. The number of Topliss-reactive ketones (excluding diaryl/α,β-unsaturated/α-hetero) is 1. The Hall–Kier alpha value is -3.40. The molecule has 0 bridgehead atoms. The molecule has 0 unspecified atom stereocenters. The van der Waals surface area contributed by atoms with E-state index in [1.807, 2.05) is 12.1 Å². The second-order valence-corrected chi connectivity index (χ2v) is 8.35. The zero-order valence-corrected chi connectivity index (χ0v) is 17.2. The third-order valence-electron chi connectivity index (χ3n) is 5.07. The van der Waals surface area contributed by atoms with Crippen LogP contribution in [0.5, 0.6) is 11.5 Å². The van der Waals surface area contributed by atoms with Gasteiger partial charge in [0.25, 0.3) is 0 Å². The standard InChI is InChI=1S/C26H23FO3/c1-26(2,3)19-10-8-17(9-11-19)14-24-25(28)21-13-12-20(15-23(21)30-24)29-16-18-6-4-5-7-22(18)27/h4-15H,16H2,1-3H3/b24-14+. The summed E-state index contributed by atoms with van der Waals surface area (Å²) in [6.07, 6.45) is 1.74. The number of rotatable bonds is 4. The molecule has 1 aliphatic heterocycles. The summed E-state index contributed by atoms with van der Waals surface area (Å²) in [5.41, 5.74) is 3.15. The van der Waals surface area contributed by atoms with E-state index in [-0.39, 0.29) is 29.4 Å². The van der Waals surface area contributed by atoms with Crippen LogP contribution < -0.4 is 9.47 Å². The Bertz CT molecular complexity index is 1120. The average molecular weight is 402 g/mol. The van der Waals surface area contributed by atoms with Gasteiger partial charge in [-0.15, -0.1) is 0 Å². The summed E-state index contributed by atoms with van der Waals surface area (Å²) in [5.74, 6) is 0.766. The molecule has 30 heavy (non-hydrogen) atoms. The smallest absolute Gasteiger partial charge is 0.231 e. The number of hydrogen-bond acceptors (Lipinski definition) is 3. The van der Waals surface area contributed by atoms with Gasteiger partial charge in [0.2, 0.25) is 5.78 Å². The fraction of sp³-hybridized carbons (Fsp3) is 0.192. The lowest BCUT2D eigenvalue weighted by Crippen LogP contribution is -2.10. The summed E-state index contributed by atoms with van der Waals surface area (Å²) in [6.45, 7) is 6.58. The normalized spacial score (nSPS) is 14.5. The molecule has 152 valence electrons. The van der Waals surface area contributed by atoms with E-state index in [0.29, 0.717) is 22.6 Å². The largest absolute Gasteiger partial charge is 0.489 e. The van der Waals surface area contributed by atoms with Gasteiger partial charge in [-0.1, -0.05) is 63.2 Å². The van der Waals surface area contributed by atoms with Crippen molar-refractivity contribution >= 4 is 11.9 Å². The van der Waals surface area contributed by atoms with Crippen LogP contribution in [0.2, 0.25) is 0 Å². The number of benzene rings is 3. The summed E-state index contributed by atoms with van der Waals surface area (Å²) in [6, 6.07) is 19.6. The van der Waals surface area contributed by atoms with Gasteiger partial charge in [0.15, 0.2) is 5.76 Å². The quantitative estimate of drug-likeness (QED) is 0.479. The monoisotopic (exact) mass is 402 g/mol. The Morgan fingerprint density at radius 2 is 1.73 bits per heavy atom. The molecule has 0 spiro atoms. The second kappa shape index (κ2) is 7.79. The van der Waals surface area contributed by atoms with Crippen LogP contribution in [0.3, 0.4) is 0 Å². The second-order valence-electron chi connectivity index (χ2n) is 8.35. The molecular weight excluding hydrogens is 379 g/mol. The SMILES string of the molecule is CC(C)(C)c1ccc(/C=C2/Oc3cc(OCc4ccccc4F)ccc3C2=O)cc1. The van der Waals surface area contributed by atoms with E-state index >= 15 is 0 Å². The average Bonchev–Trinajstić information content (AvgIpc) is 3.02. The molecule has 1 heterocycles. The van der Waals surface area contributed by atoms with E-state index < -0.39 is 0 Å². The molecule has 0 fully saturated rings. The highest BCUT2D eigenvalue weighted by atomic mass is 19.1. The summed E-state index contributed by atoms with van der Waals surface area (Å²) in [7, 11) is 0. The van der Waals surface area contributed by atoms with E-state index in [4.69, 9.17) is 9.47 Å². The Balaban J connectivity index is 1.50. The van der Waals surface area contributed by atoms with Gasteiger partial charge < -0.3 is 9.47 Å². The molecule has 0 N–H and O–H groups in total. The van der Waals surface area contributed by atoms with E-state index in [0.717, 1.165) is 5.56 Å². The minimum Gasteiger partial charge on any atom is -0.489 e. The van der Waals surface area contributed by atoms with Crippen LogP contribution in [0.1, 0.15) is 47.8 Å².